The van der Waals surface area contributed by atoms with Crippen LogP contribution in [-0.2, 0) is 10.8 Å². The fourth-order valence-corrected chi connectivity index (χ4v) is 4.42. The van der Waals surface area contributed by atoms with Crippen LogP contribution in [0.1, 0.15) is 49.9 Å². The lowest BCUT2D eigenvalue weighted by Crippen LogP contribution is -2.19. The second-order valence-corrected chi connectivity index (χ2v) is 10.4. The molecule has 0 N–H and O–H groups in total. The topological polar surface area (TPSA) is 84.9 Å². The number of carbonyl (C=O) groups excluding carboxylic acids is 2. The highest BCUT2D eigenvalue weighted by atomic mass is 35.5. The minimum Gasteiger partial charge on any atom is -0.872 e. The van der Waals surface area contributed by atoms with E-state index in [-0.39, 0.29) is 16.6 Å². The number of carbonyl (C=O) groups is 2. The molecule has 0 atom stereocenters. The third kappa shape index (κ3) is 6.59. The molecule has 6 nitrogen and oxygen atoms in total. The molecule has 0 saturated heterocycles. The summed E-state index contributed by atoms with van der Waals surface area (Å²) in [6, 6.07) is 28.2. The molecule has 0 spiro atoms. The Bertz CT molecular complexity index is 1440. The van der Waals surface area contributed by atoms with Crippen molar-refractivity contribution in [2.75, 3.05) is 0 Å². The lowest BCUT2D eigenvalue weighted by Gasteiger charge is -2.27. The largest absolute Gasteiger partial charge is 0.872 e. The van der Waals surface area contributed by atoms with Crippen LogP contribution in [0.15, 0.2) is 97.1 Å². The van der Waals surface area contributed by atoms with Gasteiger partial charge in [-0.15, -0.1) is 5.75 Å². The highest BCUT2D eigenvalue weighted by Gasteiger charge is 2.24. The second-order valence-electron chi connectivity index (χ2n) is 10.1. The normalized spacial score (nSPS) is 11.5. The maximum absolute atomic E-state index is 12.4. The van der Waals surface area contributed by atoms with Crippen LogP contribution in [0.3, 0.4) is 0 Å². The zero-order valence-corrected chi connectivity index (χ0v) is 22.8. The molecule has 0 saturated carbocycles. The van der Waals surface area contributed by atoms with Crippen molar-refractivity contribution in [3.63, 3.8) is 0 Å². The van der Waals surface area contributed by atoms with Gasteiger partial charge in [-0.2, -0.15) is 0 Å². The van der Waals surface area contributed by atoms with E-state index in [0.717, 1.165) is 22.3 Å². The average Bonchev–Trinajstić information content (AvgIpc) is 2.89. The van der Waals surface area contributed by atoms with E-state index >= 15 is 0 Å². The van der Waals surface area contributed by atoms with Crippen LogP contribution in [-0.4, -0.2) is 11.6 Å². The first kappa shape index (κ1) is 27.7. The molecule has 0 fully saturated rings. The molecule has 7 heteroatoms. The van der Waals surface area contributed by atoms with Crippen molar-refractivity contribution < 1.29 is 28.9 Å². The second kappa shape index (κ2) is 11.2. The van der Waals surface area contributed by atoms with E-state index in [1.54, 1.807) is 48.5 Å². The first-order valence-corrected chi connectivity index (χ1v) is 12.7. The summed E-state index contributed by atoms with van der Waals surface area (Å²) >= 11 is 5.27. The molecule has 200 valence electrons. The fraction of sp³-hybridized carbons (Fsp3) is 0.188. The Morgan fingerprint density at radius 3 is 1.13 bits per heavy atom. The summed E-state index contributed by atoms with van der Waals surface area (Å²) in [6.45, 7) is 8.25. The molecule has 4 aromatic rings. The number of benzene rings is 4. The van der Waals surface area contributed by atoms with Gasteiger partial charge in [0.15, 0.2) is 0 Å². The van der Waals surface area contributed by atoms with Crippen molar-refractivity contribution in [2.24, 2.45) is 0 Å². The minimum atomic E-state index is -0.888. The van der Waals surface area contributed by atoms with Gasteiger partial charge in [-0.1, -0.05) is 88.4 Å². The van der Waals surface area contributed by atoms with Crippen LogP contribution < -0.4 is 19.3 Å². The third-order valence-corrected chi connectivity index (χ3v) is 6.98. The molecule has 0 bridgehead atoms. The molecule has 4 rings (SSSR count). The Kier molecular flexibility index (Phi) is 7.98. The summed E-state index contributed by atoms with van der Waals surface area (Å²) in [5.74, 6) is 1.04. The van der Waals surface area contributed by atoms with Gasteiger partial charge in [-0.3, -0.25) is 0 Å². The Morgan fingerprint density at radius 2 is 0.821 bits per heavy atom. The SMILES string of the molecule is CC(C)(c1ccc([O-])cc1)c1ccc(OC(=O)Oc2ccc(C(C)(C)c3ccc(OC(=O)Cl)cc3)cc2)cc1. The van der Waals surface area contributed by atoms with E-state index in [9.17, 15) is 14.7 Å². The average molecular weight is 544 g/mol. The summed E-state index contributed by atoms with van der Waals surface area (Å²) in [6.07, 6.45) is -0.843. The first-order chi connectivity index (χ1) is 18.4. The van der Waals surface area contributed by atoms with Gasteiger partial charge in [-0.25, -0.2) is 9.59 Å². The third-order valence-electron chi connectivity index (χ3n) is 6.90. The molecular weight excluding hydrogens is 516 g/mol. The molecule has 0 aliphatic carbocycles. The van der Waals surface area contributed by atoms with Gasteiger partial charge < -0.3 is 19.3 Å². The summed E-state index contributed by atoms with van der Waals surface area (Å²) < 4.78 is 15.6. The van der Waals surface area contributed by atoms with Crippen LogP contribution in [0.25, 0.3) is 0 Å². The highest BCUT2D eigenvalue weighted by molar-refractivity contribution is 6.61. The Labute approximate surface area is 232 Å². The quantitative estimate of drug-likeness (QED) is 0.135. The molecule has 4 aromatic carbocycles. The van der Waals surface area contributed by atoms with E-state index in [1.165, 1.54) is 0 Å². The Balaban J connectivity index is 1.38. The predicted octanol–water partition coefficient (Wildman–Crippen LogP) is 7.73. The molecule has 0 aromatic heterocycles. The maximum Gasteiger partial charge on any atom is 0.519 e. The Hall–Kier alpha value is -4.29. The highest BCUT2D eigenvalue weighted by Crippen LogP contribution is 2.34. The van der Waals surface area contributed by atoms with Crippen molar-refractivity contribution in [3.05, 3.63) is 119 Å². The zero-order valence-electron chi connectivity index (χ0n) is 22.1. The molecule has 0 radical (unpaired) electrons. The van der Waals surface area contributed by atoms with Crippen molar-refractivity contribution in [1.29, 1.82) is 0 Å². The van der Waals surface area contributed by atoms with Crippen LogP contribution >= 0.6 is 11.6 Å². The van der Waals surface area contributed by atoms with E-state index in [4.69, 9.17) is 25.8 Å². The van der Waals surface area contributed by atoms with E-state index in [2.05, 4.69) is 27.7 Å². The van der Waals surface area contributed by atoms with Gasteiger partial charge in [0.05, 0.1) is 0 Å². The van der Waals surface area contributed by atoms with Crippen LogP contribution in [0, 0.1) is 0 Å². The van der Waals surface area contributed by atoms with Gasteiger partial charge >= 0.3 is 11.6 Å². The lowest BCUT2D eigenvalue weighted by atomic mass is 9.78. The van der Waals surface area contributed by atoms with Gasteiger partial charge in [0.1, 0.15) is 17.2 Å². The minimum absolute atomic E-state index is 0.0292. The number of hydrogen-bond acceptors (Lipinski definition) is 6. The van der Waals surface area contributed by atoms with Gasteiger partial charge in [0.25, 0.3) is 0 Å². The van der Waals surface area contributed by atoms with Gasteiger partial charge in [0, 0.05) is 22.4 Å². The monoisotopic (exact) mass is 543 g/mol. The number of rotatable bonds is 7. The molecule has 0 aliphatic heterocycles. The molecule has 0 aliphatic rings. The van der Waals surface area contributed by atoms with Gasteiger partial charge in [0.2, 0.25) is 0 Å². The van der Waals surface area contributed by atoms with Crippen LogP contribution in [0.5, 0.6) is 23.0 Å². The number of halogens is 1. The Morgan fingerprint density at radius 1 is 0.538 bits per heavy atom. The van der Waals surface area contributed by atoms with E-state index in [1.807, 2.05) is 48.5 Å². The summed E-state index contributed by atoms with van der Waals surface area (Å²) in [4.78, 5) is 23.3. The summed E-state index contributed by atoms with van der Waals surface area (Å²) in [5.41, 5.74) is 2.43. The molecule has 39 heavy (non-hydrogen) atoms. The predicted molar refractivity (Wildman–Crippen MR) is 148 cm³/mol. The van der Waals surface area contributed by atoms with E-state index < -0.39 is 11.6 Å². The number of hydrogen-bond donors (Lipinski definition) is 0. The molecule has 0 amide bonds. The van der Waals surface area contributed by atoms with Crippen molar-refractivity contribution >= 4 is 23.2 Å². The van der Waals surface area contributed by atoms with E-state index in [0.29, 0.717) is 17.2 Å². The number of ether oxygens (including phenoxy) is 3. The van der Waals surface area contributed by atoms with Crippen molar-refractivity contribution in [2.45, 2.75) is 38.5 Å². The standard InChI is InChI=1S/C32H29ClO6/c1-31(2,21-5-13-25(34)14-6-21)23-9-17-27(18-10-23)38-30(36)39-28-19-11-24(12-20-28)32(3,4)22-7-15-26(16-8-22)37-29(33)35/h5-20,34H,1-4H3/p-1. The van der Waals surface area contributed by atoms with Crippen molar-refractivity contribution in [3.8, 4) is 23.0 Å². The molecule has 0 unspecified atom stereocenters. The first-order valence-electron chi connectivity index (χ1n) is 12.3. The maximum atomic E-state index is 12.4. The van der Waals surface area contributed by atoms with Crippen LogP contribution in [0.4, 0.5) is 9.59 Å². The zero-order chi connectivity index (χ0) is 28.2. The summed E-state index contributed by atoms with van der Waals surface area (Å²) in [5, 5.41) is 11.4. The molecule has 0 heterocycles. The molecular formula is C32H28ClO6-. The lowest BCUT2D eigenvalue weighted by molar-refractivity contribution is -0.268. The summed E-state index contributed by atoms with van der Waals surface area (Å²) in [7, 11) is 0. The fourth-order valence-electron chi connectivity index (χ4n) is 4.33. The van der Waals surface area contributed by atoms with Crippen LogP contribution in [0.2, 0.25) is 0 Å². The van der Waals surface area contributed by atoms with Gasteiger partial charge in [-0.05, 0) is 58.7 Å². The smallest absolute Gasteiger partial charge is 0.519 e. The van der Waals surface area contributed by atoms with Crippen molar-refractivity contribution in [1.82, 2.24) is 0 Å².